The van der Waals surface area contributed by atoms with E-state index >= 15 is 0 Å². The highest BCUT2D eigenvalue weighted by Gasteiger charge is 2.22. The van der Waals surface area contributed by atoms with Crippen LogP contribution in [0, 0.1) is 0 Å². The number of nitrogens with one attached hydrogen (secondary N) is 3. The van der Waals surface area contributed by atoms with E-state index in [1.165, 1.54) is 0 Å². The van der Waals surface area contributed by atoms with Crippen LogP contribution in [-0.2, 0) is 10.0 Å². The molecule has 3 N–H and O–H groups in total. The van der Waals surface area contributed by atoms with E-state index in [1.54, 1.807) is 48.5 Å². The number of rotatable bonds is 5. The van der Waals surface area contributed by atoms with Gasteiger partial charge in [-0.05, 0) is 55.4 Å². The summed E-state index contributed by atoms with van der Waals surface area (Å²) in [7, 11) is -3.64. The van der Waals surface area contributed by atoms with Gasteiger partial charge < -0.3 is 10.6 Å². The molecule has 0 heterocycles. The van der Waals surface area contributed by atoms with E-state index in [1.807, 2.05) is 6.07 Å². The van der Waals surface area contributed by atoms with Gasteiger partial charge in [0.2, 0.25) is 0 Å². The molecular formula is C16H17N3O2S2. The van der Waals surface area contributed by atoms with Crippen molar-refractivity contribution < 1.29 is 8.42 Å². The van der Waals surface area contributed by atoms with Crippen LogP contribution in [0.2, 0.25) is 0 Å². The van der Waals surface area contributed by atoms with Gasteiger partial charge in [-0.15, -0.1) is 0 Å². The lowest BCUT2D eigenvalue weighted by Gasteiger charge is -2.12. The Hall–Kier alpha value is -2.12. The second-order valence-corrected chi connectivity index (χ2v) is 7.46. The predicted octanol–water partition coefficient (Wildman–Crippen LogP) is 2.94. The summed E-state index contributed by atoms with van der Waals surface area (Å²) in [5, 5.41) is 6.69. The molecule has 1 aliphatic rings. The number of thiocarbonyl (C=S) groups is 1. The van der Waals surface area contributed by atoms with Gasteiger partial charge in [-0.1, -0.05) is 24.3 Å². The molecule has 0 saturated heterocycles. The number of hydrogen-bond acceptors (Lipinski definition) is 3. The van der Waals surface area contributed by atoms with E-state index < -0.39 is 10.0 Å². The largest absolute Gasteiger partial charge is 0.360 e. The Morgan fingerprint density at radius 2 is 1.70 bits per heavy atom. The summed E-state index contributed by atoms with van der Waals surface area (Å²) in [6.45, 7) is 0. The SMILES string of the molecule is O=S(=O)(Nc1ccccc1)c1cccc(NC(=S)NC2CC2)c1. The average molecular weight is 347 g/mol. The predicted molar refractivity (Wildman–Crippen MR) is 96.1 cm³/mol. The van der Waals surface area contributed by atoms with Gasteiger partial charge in [0.25, 0.3) is 10.0 Å². The van der Waals surface area contributed by atoms with Crippen LogP contribution in [0.5, 0.6) is 0 Å². The molecule has 3 rings (SSSR count). The van der Waals surface area contributed by atoms with Gasteiger partial charge in [-0.2, -0.15) is 0 Å². The van der Waals surface area contributed by atoms with Crippen LogP contribution in [0.25, 0.3) is 0 Å². The van der Waals surface area contributed by atoms with Crippen molar-refractivity contribution in [2.24, 2.45) is 0 Å². The van der Waals surface area contributed by atoms with E-state index in [9.17, 15) is 8.42 Å². The third kappa shape index (κ3) is 4.43. The van der Waals surface area contributed by atoms with Crippen LogP contribution in [-0.4, -0.2) is 19.6 Å². The third-order valence-electron chi connectivity index (χ3n) is 3.34. The number of para-hydroxylation sites is 1. The molecule has 0 atom stereocenters. The first-order chi connectivity index (χ1) is 11.0. The quantitative estimate of drug-likeness (QED) is 0.726. The highest BCUT2D eigenvalue weighted by molar-refractivity contribution is 7.92. The van der Waals surface area contributed by atoms with E-state index in [-0.39, 0.29) is 4.90 Å². The summed E-state index contributed by atoms with van der Waals surface area (Å²) in [6.07, 6.45) is 2.24. The van der Waals surface area contributed by atoms with Crippen LogP contribution in [0.15, 0.2) is 59.5 Å². The van der Waals surface area contributed by atoms with Crippen molar-refractivity contribution in [2.75, 3.05) is 10.0 Å². The van der Waals surface area contributed by atoms with Crippen LogP contribution in [0.1, 0.15) is 12.8 Å². The molecule has 2 aromatic rings. The number of anilines is 2. The zero-order valence-corrected chi connectivity index (χ0v) is 14.0. The van der Waals surface area contributed by atoms with E-state index in [2.05, 4.69) is 15.4 Å². The molecule has 0 aromatic heterocycles. The van der Waals surface area contributed by atoms with Crippen LogP contribution >= 0.6 is 12.2 Å². The lowest BCUT2D eigenvalue weighted by atomic mass is 10.3. The topological polar surface area (TPSA) is 70.2 Å². The van der Waals surface area contributed by atoms with Crippen LogP contribution in [0.4, 0.5) is 11.4 Å². The maximum absolute atomic E-state index is 12.4. The maximum atomic E-state index is 12.4. The van der Waals surface area contributed by atoms with Crippen molar-refractivity contribution in [1.29, 1.82) is 0 Å². The summed E-state index contributed by atoms with van der Waals surface area (Å²) < 4.78 is 27.4. The fraction of sp³-hybridized carbons (Fsp3) is 0.188. The number of sulfonamides is 1. The smallest absolute Gasteiger partial charge is 0.261 e. The van der Waals surface area contributed by atoms with E-state index in [4.69, 9.17) is 12.2 Å². The molecule has 0 radical (unpaired) electrons. The zero-order valence-electron chi connectivity index (χ0n) is 12.3. The second kappa shape index (κ2) is 6.55. The minimum absolute atomic E-state index is 0.181. The minimum atomic E-state index is -3.64. The summed E-state index contributed by atoms with van der Waals surface area (Å²) in [6, 6.07) is 15.8. The minimum Gasteiger partial charge on any atom is -0.360 e. The fourth-order valence-corrected chi connectivity index (χ4v) is 3.43. The Labute approximate surface area is 141 Å². The zero-order chi connectivity index (χ0) is 16.3. The first-order valence-electron chi connectivity index (χ1n) is 7.28. The van der Waals surface area contributed by atoms with Crippen molar-refractivity contribution >= 4 is 38.7 Å². The molecule has 1 saturated carbocycles. The van der Waals surface area contributed by atoms with Gasteiger partial charge >= 0.3 is 0 Å². The molecule has 120 valence electrons. The van der Waals surface area contributed by atoms with Gasteiger partial charge in [0.15, 0.2) is 5.11 Å². The Bertz CT molecular complexity index is 803. The summed E-state index contributed by atoms with van der Waals surface area (Å²) in [5.41, 5.74) is 1.16. The number of hydrogen-bond donors (Lipinski definition) is 3. The highest BCUT2D eigenvalue weighted by atomic mass is 32.2. The molecule has 0 amide bonds. The Morgan fingerprint density at radius 3 is 2.39 bits per heavy atom. The van der Waals surface area contributed by atoms with Gasteiger partial charge in [-0.25, -0.2) is 8.42 Å². The summed E-state index contributed by atoms with van der Waals surface area (Å²) in [4.78, 5) is 0.181. The van der Waals surface area contributed by atoms with Crippen LogP contribution < -0.4 is 15.4 Å². The highest BCUT2D eigenvalue weighted by Crippen LogP contribution is 2.21. The maximum Gasteiger partial charge on any atom is 0.261 e. The van der Waals surface area contributed by atoms with E-state index in [0.29, 0.717) is 22.5 Å². The third-order valence-corrected chi connectivity index (χ3v) is 4.94. The molecule has 1 fully saturated rings. The Kier molecular flexibility index (Phi) is 4.49. The van der Waals surface area contributed by atoms with Crippen LogP contribution in [0.3, 0.4) is 0 Å². The molecule has 2 aromatic carbocycles. The fourth-order valence-electron chi connectivity index (χ4n) is 2.04. The first kappa shape index (κ1) is 15.8. The molecule has 23 heavy (non-hydrogen) atoms. The monoisotopic (exact) mass is 347 g/mol. The Balaban J connectivity index is 1.74. The van der Waals surface area contributed by atoms with Crippen molar-refractivity contribution in [1.82, 2.24) is 5.32 Å². The standard InChI is InChI=1S/C16H17N3O2S2/c20-23(21,19-13-5-2-1-3-6-13)15-8-4-7-14(11-15)18-16(22)17-12-9-10-12/h1-8,11-12,19H,9-10H2,(H2,17,18,22). The molecule has 0 unspecified atom stereocenters. The van der Waals surface area contributed by atoms with Crippen molar-refractivity contribution in [3.8, 4) is 0 Å². The molecule has 5 nitrogen and oxygen atoms in total. The van der Waals surface area contributed by atoms with Crippen molar-refractivity contribution in [2.45, 2.75) is 23.8 Å². The lowest BCUT2D eigenvalue weighted by molar-refractivity contribution is 0.601. The van der Waals surface area contributed by atoms with Gasteiger partial charge in [0.1, 0.15) is 0 Å². The normalized spacial score (nSPS) is 14.1. The molecule has 0 bridgehead atoms. The van der Waals surface area contributed by atoms with Crippen molar-refractivity contribution in [3.63, 3.8) is 0 Å². The molecule has 0 spiro atoms. The summed E-state index contributed by atoms with van der Waals surface area (Å²) in [5.74, 6) is 0. The van der Waals surface area contributed by atoms with Crippen molar-refractivity contribution in [3.05, 3.63) is 54.6 Å². The average Bonchev–Trinajstić information content (AvgIpc) is 3.32. The molecule has 0 aliphatic heterocycles. The van der Waals surface area contributed by atoms with E-state index in [0.717, 1.165) is 12.8 Å². The second-order valence-electron chi connectivity index (χ2n) is 5.37. The Morgan fingerprint density at radius 1 is 1.00 bits per heavy atom. The van der Waals surface area contributed by atoms with Gasteiger partial charge in [-0.3, -0.25) is 4.72 Å². The van der Waals surface area contributed by atoms with Gasteiger partial charge in [0.05, 0.1) is 4.90 Å². The summed E-state index contributed by atoms with van der Waals surface area (Å²) >= 11 is 5.21. The molecule has 1 aliphatic carbocycles. The molecule has 7 heteroatoms. The first-order valence-corrected chi connectivity index (χ1v) is 9.17. The number of benzene rings is 2. The molecular weight excluding hydrogens is 330 g/mol. The van der Waals surface area contributed by atoms with Gasteiger partial charge in [0, 0.05) is 17.4 Å². The lowest BCUT2D eigenvalue weighted by Crippen LogP contribution is -2.30.